The Labute approximate surface area is 94.9 Å². The summed E-state index contributed by atoms with van der Waals surface area (Å²) in [5.74, 6) is -0.698. The van der Waals surface area contributed by atoms with E-state index in [0.717, 1.165) is 29.7 Å². The fraction of sp³-hybridized carbons (Fsp3) is 0.636. The van der Waals surface area contributed by atoms with Crippen LogP contribution in [0.15, 0.2) is 12.2 Å². The maximum atomic E-state index is 11.3. The summed E-state index contributed by atoms with van der Waals surface area (Å²) in [6, 6.07) is -0.739. The number of primary amides is 1. The molecule has 3 N–H and O–H groups in total. The van der Waals surface area contributed by atoms with Crippen LogP contribution >= 0.6 is 0 Å². The summed E-state index contributed by atoms with van der Waals surface area (Å²) >= 11 is 0. The summed E-state index contributed by atoms with van der Waals surface area (Å²) in [7, 11) is 0. The summed E-state index contributed by atoms with van der Waals surface area (Å²) < 4.78 is 0. The van der Waals surface area contributed by atoms with Crippen LogP contribution in [0.2, 0.25) is 0 Å². The molecule has 0 aromatic heterocycles. The third-order valence-electron chi connectivity index (χ3n) is 3.02. The van der Waals surface area contributed by atoms with Gasteiger partial charge in [-0.25, -0.2) is 4.79 Å². The van der Waals surface area contributed by atoms with Crippen molar-refractivity contribution in [3.05, 3.63) is 12.2 Å². The minimum absolute atomic E-state index is 0.117. The Morgan fingerprint density at radius 1 is 1.62 bits per heavy atom. The number of nitrogens with zero attached hydrogens (tertiary/aromatic N) is 1. The van der Waals surface area contributed by atoms with E-state index in [1.807, 2.05) is 6.92 Å². The number of hydrogen-bond acceptors (Lipinski definition) is 2. The largest absolute Gasteiger partial charge is 0.465 e. The van der Waals surface area contributed by atoms with Crippen LogP contribution in [0.5, 0.6) is 0 Å². The molecule has 0 aromatic rings. The van der Waals surface area contributed by atoms with Gasteiger partial charge in [-0.2, -0.15) is 0 Å². The molecule has 1 aliphatic rings. The van der Waals surface area contributed by atoms with E-state index < -0.39 is 18.0 Å². The molecule has 1 aliphatic heterocycles. The van der Waals surface area contributed by atoms with Gasteiger partial charge in [0.05, 0.1) is 0 Å². The first-order valence-corrected chi connectivity index (χ1v) is 5.45. The van der Waals surface area contributed by atoms with Crippen LogP contribution in [0, 0.1) is 5.92 Å². The molecule has 0 spiro atoms. The maximum absolute atomic E-state index is 11.3. The molecule has 2 amide bonds. The SMILES string of the molecule is C=C1CN(C(=O)O)[C@H](C(N)=O)C1CCCC. The predicted molar refractivity (Wildman–Crippen MR) is 59.9 cm³/mol. The second kappa shape index (κ2) is 5.01. The lowest BCUT2D eigenvalue weighted by molar-refractivity contribution is -0.122. The molecule has 0 radical (unpaired) electrons. The summed E-state index contributed by atoms with van der Waals surface area (Å²) in [4.78, 5) is 23.4. The number of carbonyl (C=O) groups is 2. The number of unbranched alkanes of at least 4 members (excludes halogenated alkanes) is 1. The van der Waals surface area contributed by atoms with Crippen molar-refractivity contribution in [3.8, 4) is 0 Å². The van der Waals surface area contributed by atoms with Gasteiger partial charge in [0.15, 0.2) is 0 Å². The van der Waals surface area contributed by atoms with Gasteiger partial charge in [0, 0.05) is 12.5 Å². The highest BCUT2D eigenvalue weighted by atomic mass is 16.4. The lowest BCUT2D eigenvalue weighted by Crippen LogP contribution is -2.46. The lowest BCUT2D eigenvalue weighted by Gasteiger charge is -2.22. The van der Waals surface area contributed by atoms with Gasteiger partial charge in [-0.15, -0.1) is 0 Å². The Hall–Kier alpha value is -1.52. The molecule has 0 saturated carbocycles. The van der Waals surface area contributed by atoms with E-state index in [0.29, 0.717) is 0 Å². The first-order chi connectivity index (χ1) is 7.49. The molecule has 90 valence electrons. The van der Waals surface area contributed by atoms with Crippen molar-refractivity contribution in [1.82, 2.24) is 4.90 Å². The van der Waals surface area contributed by atoms with Crippen molar-refractivity contribution in [2.45, 2.75) is 32.2 Å². The van der Waals surface area contributed by atoms with Crippen molar-refractivity contribution in [2.75, 3.05) is 6.54 Å². The van der Waals surface area contributed by atoms with Crippen LogP contribution in [0.25, 0.3) is 0 Å². The lowest BCUT2D eigenvalue weighted by atomic mass is 9.91. The van der Waals surface area contributed by atoms with E-state index in [1.54, 1.807) is 0 Å². The Morgan fingerprint density at radius 2 is 2.25 bits per heavy atom. The van der Waals surface area contributed by atoms with Gasteiger partial charge in [-0.3, -0.25) is 9.69 Å². The summed E-state index contributed by atoms with van der Waals surface area (Å²) in [5, 5.41) is 8.97. The zero-order chi connectivity index (χ0) is 12.3. The zero-order valence-electron chi connectivity index (χ0n) is 9.48. The van der Waals surface area contributed by atoms with Crippen molar-refractivity contribution in [2.24, 2.45) is 11.7 Å². The molecular formula is C11H18N2O3. The molecule has 0 aliphatic carbocycles. The standard InChI is InChI=1S/C11H18N2O3/c1-3-4-5-8-7(2)6-13(11(15)16)9(8)10(12)14/h8-9H,2-6H2,1H3,(H2,12,14)(H,15,16)/t8?,9-/m0/s1. The first kappa shape index (κ1) is 12.5. The van der Waals surface area contributed by atoms with Gasteiger partial charge in [0.1, 0.15) is 6.04 Å². The predicted octanol–water partition coefficient (Wildman–Crippen LogP) is 1.20. The number of nitrogens with two attached hydrogens (primary N) is 1. The normalized spacial score (nSPS) is 24.8. The second-order valence-electron chi connectivity index (χ2n) is 4.16. The third-order valence-corrected chi connectivity index (χ3v) is 3.02. The molecule has 2 atom stereocenters. The van der Waals surface area contributed by atoms with E-state index in [1.165, 1.54) is 0 Å². The highest BCUT2D eigenvalue weighted by Gasteiger charge is 2.42. The van der Waals surface area contributed by atoms with Crippen molar-refractivity contribution >= 4 is 12.0 Å². The van der Waals surface area contributed by atoms with Gasteiger partial charge in [-0.05, 0) is 6.42 Å². The number of carboxylic acid groups (broad SMARTS) is 1. The molecule has 0 aromatic carbocycles. The molecule has 1 unspecified atom stereocenters. The second-order valence-corrected chi connectivity index (χ2v) is 4.16. The fourth-order valence-corrected chi connectivity index (χ4v) is 2.20. The fourth-order valence-electron chi connectivity index (χ4n) is 2.20. The zero-order valence-corrected chi connectivity index (χ0v) is 9.48. The molecule has 5 heteroatoms. The van der Waals surface area contributed by atoms with Crippen LogP contribution in [-0.2, 0) is 4.79 Å². The molecule has 1 rings (SSSR count). The van der Waals surface area contributed by atoms with E-state index in [2.05, 4.69) is 6.58 Å². The van der Waals surface area contributed by atoms with Gasteiger partial charge in [0.25, 0.3) is 0 Å². The van der Waals surface area contributed by atoms with E-state index >= 15 is 0 Å². The topological polar surface area (TPSA) is 83.6 Å². The van der Waals surface area contributed by atoms with E-state index in [4.69, 9.17) is 10.8 Å². The van der Waals surface area contributed by atoms with Gasteiger partial charge >= 0.3 is 6.09 Å². The maximum Gasteiger partial charge on any atom is 0.408 e. The van der Waals surface area contributed by atoms with Gasteiger partial charge < -0.3 is 10.8 Å². The highest BCUT2D eigenvalue weighted by molar-refractivity contribution is 5.85. The minimum atomic E-state index is -1.11. The van der Waals surface area contributed by atoms with E-state index in [-0.39, 0.29) is 12.5 Å². The Bertz CT molecular complexity index is 314. The van der Waals surface area contributed by atoms with Crippen LogP contribution < -0.4 is 5.73 Å². The Kier molecular flexibility index (Phi) is 3.93. The van der Waals surface area contributed by atoms with Crippen LogP contribution in [-0.4, -0.2) is 34.6 Å². The van der Waals surface area contributed by atoms with Crippen molar-refractivity contribution < 1.29 is 14.7 Å². The first-order valence-electron chi connectivity index (χ1n) is 5.45. The monoisotopic (exact) mass is 226 g/mol. The molecule has 1 saturated heterocycles. The average molecular weight is 226 g/mol. The third kappa shape index (κ3) is 2.35. The number of hydrogen-bond donors (Lipinski definition) is 2. The number of amides is 2. The van der Waals surface area contributed by atoms with Crippen molar-refractivity contribution in [3.63, 3.8) is 0 Å². The summed E-state index contributed by atoms with van der Waals surface area (Å²) in [6.45, 7) is 6.11. The number of likely N-dealkylation sites (tertiary alicyclic amines) is 1. The number of rotatable bonds is 4. The molecule has 1 fully saturated rings. The smallest absolute Gasteiger partial charge is 0.408 e. The van der Waals surface area contributed by atoms with Gasteiger partial charge in [-0.1, -0.05) is 31.9 Å². The van der Waals surface area contributed by atoms with Crippen LogP contribution in [0.1, 0.15) is 26.2 Å². The quantitative estimate of drug-likeness (QED) is 0.706. The summed E-state index contributed by atoms with van der Waals surface area (Å²) in [5.41, 5.74) is 6.06. The Balaban J connectivity index is 2.85. The molecule has 1 heterocycles. The van der Waals surface area contributed by atoms with Gasteiger partial charge in [0.2, 0.25) is 5.91 Å². The van der Waals surface area contributed by atoms with Crippen LogP contribution in [0.4, 0.5) is 4.79 Å². The Morgan fingerprint density at radius 3 is 2.69 bits per heavy atom. The molecule has 0 bridgehead atoms. The molecule has 16 heavy (non-hydrogen) atoms. The number of carbonyl (C=O) groups excluding carboxylic acids is 1. The molecular weight excluding hydrogens is 208 g/mol. The highest BCUT2D eigenvalue weighted by Crippen LogP contribution is 2.32. The molecule has 5 nitrogen and oxygen atoms in total. The minimum Gasteiger partial charge on any atom is -0.465 e. The van der Waals surface area contributed by atoms with Crippen LogP contribution in [0.3, 0.4) is 0 Å². The van der Waals surface area contributed by atoms with E-state index in [9.17, 15) is 9.59 Å². The summed E-state index contributed by atoms with van der Waals surface area (Å²) in [6.07, 6.45) is 1.61. The van der Waals surface area contributed by atoms with Crippen molar-refractivity contribution in [1.29, 1.82) is 0 Å². The average Bonchev–Trinajstić information content (AvgIpc) is 2.52.